The van der Waals surface area contributed by atoms with Crippen LogP contribution in [0.15, 0.2) is 34.4 Å². The molecule has 1 heterocycles. The summed E-state index contributed by atoms with van der Waals surface area (Å²) in [4.78, 5) is 4.59. The number of thioether (sulfide) groups is 1. The van der Waals surface area contributed by atoms with Crippen LogP contribution in [-0.4, -0.2) is 42.3 Å². The van der Waals surface area contributed by atoms with Crippen molar-refractivity contribution in [3.05, 3.63) is 29.8 Å². The number of unbranched alkanes of at least 4 members (excludes halogenated alkanes) is 1. The molecule has 2 rings (SSSR count). The Morgan fingerprint density at radius 2 is 2.10 bits per heavy atom. The van der Waals surface area contributed by atoms with Gasteiger partial charge in [0, 0.05) is 19.3 Å². The van der Waals surface area contributed by atoms with Gasteiger partial charge >= 0.3 is 0 Å². The first-order chi connectivity index (χ1) is 9.74. The fraction of sp³-hybridized carbons (Fsp3) is 0.467. The summed E-state index contributed by atoms with van der Waals surface area (Å²) < 4.78 is 5.17. The number of hydrogen-bond acceptors (Lipinski definition) is 4. The third-order valence-electron chi connectivity index (χ3n) is 3.07. The van der Waals surface area contributed by atoms with Gasteiger partial charge in [0.1, 0.15) is 5.75 Å². The summed E-state index contributed by atoms with van der Waals surface area (Å²) in [6.45, 7) is 3.06. The van der Waals surface area contributed by atoms with Crippen molar-refractivity contribution in [1.82, 2.24) is 5.01 Å². The Bertz CT molecular complexity index is 496. The van der Waals surface area contributed by atoms with Crippen LogP contribution in [0.25, 0.3) is 0 Å². The van der Waals surface area contributed by atoms with E-state index >= 15 is 0 Å². The minimum atomic E-state index is 0.863. The Morgan fingerprint density at radius 1 is 1.35 bits per heavy atom. The van der Waals surface area contributed by atoms with E-state index in [4.69, 9.17) is 4.74 Å². The number of benzene rings is 1. The van der Waals surface area contributed by atoms with Gasteiger partial charge in [-0.3, -0.25) is 4.99 Å². The summed E-state index contributed by atoms with van der Waals surface area (Å²) in [6.07, 6.45) is 2.30. The van der Waals surface area contributed by atoms with E-state index in [-0.39, 0.29) is 0 Å². The Balaban J connectivity index is 2.07. The summed E-state index contributed by atoms with van der Waals surface area (Å²) >= 11 is 1.75. The fourth-order valence-corrected chi connectivity index (χ4v) is 2.78. The van der Waals surface area contributed by atoms with Crippen molar-refractivity contribution in [2.45, 2.75) is 19.8 Å². The Labute approximate surface area is 124 Å². The topological polar surface area (TPSA) is 37.2 Å². The fourth-order valence-electron chi connectivity index (χ4n) is 1.88. The standard InChI is InChI=1S/C15H21N3OS/c1-4-5-10-16-15-18(2)17-14(11-20-15)12-6-8-13(19-3)9-7-12/h6-9H,4-5,10-11H2,1-3H3. The summed E-state index contributed by atoms with van der Waals surface area (Å²) in [5.41, 5.74) is 2.22. The van der Waals surface area contributed by atoms with Gasteiger partial charge in [-0.15, -0.1) is 0 Å². The van der Waals surface area contributed by atoms with E-state index in [9.17, 15) is 0 Å². The molecule has 1 aliphatic heterocycles. The van der Waals surface area contributed by atoms with E-state index in [1.54, 1.807) is 18.9 Å². The van der Waals surface area contributed by atoms with Gasteiger partial charge in [-0.1, -0.05) is 25.1 Å². The lowest BCUT2D eigenvalue weighted by Crippen LogP contribution is -2.28. The molecule has 0 saturated heterocycles. The monoisotopic (exact) mass is 291 g/mol. The highest BCUT2D eigenvalue weighted by atomic mass is 32.2. The Hall–Kier alpha value is -1.49. The lowest BCUT2D eigenvalue weighted by atomic mass is 10.1. The number of rotatable bonds is 5. The molecule has 108 valence electrons. The van der Waals surface area contributed by atoms with E-state index in [0.29, 0.717) is 0 Å². The largest absolute Gasteiger partial charge is 0.497 e. The molecule has 0 aromatic heterocycles. The Morgan fingerprint density at radius 3 is 2.70 bits per heavy atom. The molecule has 4 nitrogen and oxygen atoms in total. The smallest absolute Gasteiger partial charge is 0.179 e. The number of aliphatic imine (C=N–C) groups is 1. The van der Waals surface area contributed by atoms with E-state index in [1.807, 2.05) is 36.3 Å². The molecule has 0 unspecified atom stereocenters. The van der Waals surface area contributed by atoms with Crippen LogP contribution in [-0.2, 0) is 0 Å². The molecule has 1 aromatic rings. The second-order valence-corrected chi connectivity index (χ2v) is 5.55. The van der Waals surface area contributed by atoms with Crippen LogP contribution < -0.4 is 4.74 Å². The van der Waals surface area contributed by atoms with Gasteiger partial charge in [0.2, 0.25) is 0 Å². The highest BCUT2D eigenvalue weighted by Crippen LogP contribution is 2.20. The summed E-state index contributed by atoms with van der Waals surface area (Å²) in [5.74, 6) is 1.73. The molecule has 0 amide bonds. The van der Waals surface area contributed by atoms with Crippen LogP contribution in [0.1, 0.15) is 25.3 Å². The van der Waals surface area contributed by atoms with Crippen LogP contribution in [0.5, 0.6) is 5.75 Å². The zero-order valence-electron chi connectivity index (χ0n) is 12.3. The SMILES string of the molecule is CCCCN=C1SCC(c2ccc(OC)cc2)=NN1C. The average Bonchev–Trinajstić information content (AvgIpc) is 2.49. The van der Waals surface area contributed by atoms with Gasteiger partial charge in [-0.05, 0) is 36.2 Å². The summed E-state index contributed by atoms with van der Waals surface area (Å²) in [7, 11) is 3.64. The normalized spacial score (nSPS) is 17.2. The summed E-state index contributed by atoms with van der Waals surface area (Å²) in [5, 5.41) is 7.51. The highest BCUT2D eigenvalue weighted by Gasteiger charge is 2.17. The van der Waals surface area contributed by atoms with Gasteiger partial charge in [-0.25, -0.2) is 5.01 Å². The first kappa shape index (κ1) is 14.9. The number of hydrazone groups is 1. The van der Waals surface area contributed by atoms with Gasteiger partial charge in [0.05, 0.1) is 12.8 Å². The maximum absolute atomic E-state index is 5.17. The number of hydrogen-bond donors (Lipinski definition) is 0. The quantitative estimate of drug-likeness (QED) is 0.782. The zero-order chi connectivity index (χ0) is 14.4. The van der Waals surface area contributed by atoms with Crippen LogP contribution in [0.4, 0.5) is 0 Å². The lowest BCUT2D eigenvalue weighted by Gasteiger charge is -2.22. The average molecular weight is 291 g/mol. The zero-order valence-corrected chi connectivity index (χ0v) is 13.1. The van der Waals surface area contributed by atoms with E-state index in [1.165, 1.54) is 6.42 Å². The van der Waals surface area contributed by atoms with Crippen molar-refractivity contribution < 1.29 is 4.74 Å². The molecule has 0 spiro atoms. The molecule has 0 fully saturated rings. The van der Waals surface area contributed by atoms with Crippen molar-refractivity contribution in [2.75, 3.05) is 26.5 Å². The highest BCUT2D eigenvalue weighted by molar-refractivity contribution is 8.14. The predicted molar refractivity (Wildman–Crippen MR) is 87.0 cm³/mol. The maximum atomic E-state index is 5.17. The van der Waals surface area contributed by atoms with Gasteiger partial charge < -0.3 is 4.74 Å². The molecule has 0 atom stereocenters. The van der Waals surface area contributed by atoms with Crippen LogP contribution in [0.3, 0.4) is 0 Å². The minimum Gasteiger partial charge on any atom is -0.497 e. The maximum Gasteiger partial charge on any atom is 0.179 e. The van der Waals surface area contributed by atoms with Crippen molar-refractivity contribution >= 4 is 22.6 Å². The number of ether oxygens (including phenoxy) is 1. The minimum absolute atomic E-state index is 0.863. The summed E-state index contributed by atoms with van der Waals surface area (Å²) in [6, 6.07) is 8.03. The predicted octanol–water partition coefficient (Wildman–Crippen LogP) is 3.23. The molecular weight excluding hydrogens is 270 g/mol. The van der Waals surface area contributed by atoms with Crippen LogP contribution in [0, 0.1) is 0 Å². The Kier molecular flexibility index (Phi) is 5.47. The van der Waals surface area contributed by atoms with Crippen molar-refractivity contribution in [2.24, 2.45) is 10.1 Å². The first-order valence-corrected chi connectivity index (χ1v) is 7.86. The van der Waals surface area contributed by atoms with Crippen LogP contribution >= 0.6 is 11.8 Å². The molecule has 0 radical (unpaired) electrons. The van der Waals surface area contributed by atoms with E-state index < -0.39 is 0 Å². The van der Waals surface area contributed by atoms with Crippen molar-refractivity contribution in [3.8, 4) is 5.75 Å². The lowest BCUT2D eigenvalue weighted by molar-refractivity contribution is 0.415. The molecule has 5 heteroatoms. The van der Waals surface area contributed by atoms with Gasteiger partial charge in [-0.2, -0.15) is 5.10 Å². The molecule has 0 bridgehead atoms. The second-order valence-electron chi connectivity index (χ2n) is 4.61. The van der Waals surface area contributed by atoms with E-state index in [0.717, 1.165) is 40.9 Å². The molecule has 0 N–H and O–H groups in total. The second kappa shape index (κ2) is 7.33. The van der Waals surface area contributed by atoms with Crippen molar-refractivity contribution in [1.29, 1.82) is 0 Å². The first-order valence-electron chi connectivity index (χ1n) is 6.87. The molecule has 0 saturated carbocycles. The van der Waals surface area contributed by atoms with Gasteiger partial charge in [0.25, 0.3) is 0 Å². The number of nitrogens with zero attached hydrogens (tertiary/aromatic N) is 3. The van der Waals surface area contributed by atoms with Crippen LogP contribution in [0.2, 0.25) is 0 Å². The van der Waals surface area contributed by atoms with E-state index in [2.05, 4.69) is 17.0 Å². The molecule has 1 aliphatic rings. The van der Waals surface area contributed by atoms with Crippen molar-refractivity contribution in [3.63, 3.8) is 0 Å². The molecule has 0 aliphatic carbocycles. The third-order valence-corrected chi connectivity index (χ3v) is 4.14. The molecule has 1 aromatic carbocycles. The number of methoxy groups -OCH3 is 1. The molecule has 20 heavy (non-hydrogen) atoms. The third kappa shape index (κ3) is 3.76. The number of amidine groups is 1. The van der Waals surface area contributed by atoms with Gasteiger partial charge in [0.15, 0.2) is 5.17 Å². The molecular formula is C15H21N3OS.